The Labute approximate surface area is 157 Å². The van der Waals surface area contributed by atoms with Crippen LogP contribution in [-0.2, 0) is 6.54 Å². The fourth-order valence-electron chi connectivity index (χ4n) is 2.92. The van der Waals surface area contributed by atoms with Crippen molar-refractivity contribution in [1.29, 1.82) is 0 Å². The number of carbonyl (C=O) groups is 2. The molecule has 0 atom stereocenters. The summed E-state index contributed by atoms with van der Waals surface area (Å²) in [5.41, 5.74) is 3.26. The maximum atomic E-state index is 12.6. The van der Waals surface area contributed by atoms with E-state index >= 15 is 0 Å². The zero-order valence-electron chi connectivity index (χ0n) is 15.1. The van der Waals surface area contributed by atoms with Crippen molar-refractivity contribution in [3.05, 3.63) is 75.2 Å². The monoisotopic (exact) mass is 367 g/mol. The predicted octanol–water partition coefficient (Wildman–Crippen LogP) is 4.68. The van der Waals surface area contributed by atoms with Crippen LogP contribution in [-0.4, -0.2) is 22.7 Å². The molecule has 0 saturated carbocycles. The van der Waals surface area contributed by atoms with E-state index in [0.29, 0.717) is 16.9 Å². The number of ether oxygens (including phenoxy) is 1. The normalized spacial score (nSPS) is 10.7. The largest absolute Gasteiger partial charge is 0.485 e. The van der Waals surface area contributed by atoms with Crippen molar-refractivity contribution in [3.8, 4) is 5.75 Å². The van der Waals surface area contributed by atoms with Gasteiger partial charge in [0.1, 0.15) is 5.75 Å². The summed E-state index contributed by atoms with van der Waals surface area (Å²) in [5.74, 6) is 0.432. The van der Waals surface area contributed by atoms with Gasteiger partial charge in [0, 0.05) is 27.4 Å². The van der Waals surface area contributed by atoms with Crippen molar-refractivity contribution >= 4 is 22.9 Å². The molecule has 134 valence electrons. The molecule has 0 aliphatic heterocycles. The third kappa shape index (κ3) is 3.94. The number of nitrogens with zero attached hydrogens (tertiary/aromatic N) is 1. The lowest BCUT2D eigenvalue weighted by molar-refractivity contribution is 0.0920. The molecule has 0 spiro atoms. The molecule has 1 aromatic carbocycles. The lowest BCUT2D eigenvalue weighted by Crippen LogP contribution is -2.13. The molecule has 2 heterocycles. The standard InChI is InChI=1S/C21H21NO3S/c1-14-10-20(15(2)22(14)12-19-8-5-9-26-19)21(24)13-25-18-7-4-6-17(11-18)16(3)23/h4-11H,12-13H2,1-3H3. The van der Waals surface area contributed by atoms with Gasteiger partial charge in [-0.05, 0) is 50.4 Å². The minimum atomic E-state index is -0.0660. The van der Waals surface area contributed by atoms with Gasteiger partial charge in [0.15, 0.2) is 12.4 Å². The van der Waals surface area contributed by atoms with Gasteiger partial charge in [0.05, 0.1) is 6.54 Å². The molecule has 0 bridgehead atoms. The van der Waals surface area contributed by atoms with Gasteiger partial charge < -0.3 is 9.30 Å². The Morgan fingerprint density at radius 1 is 1.12 bits per heavy atom. The smallest absolute Gasteiger partial charge is 0.202 e. The van der Waals surface area contributed by atoms with Crippen LogP contribution in [0.2, 0.25) is 0 Å². The molecule has 0 aliphatic rings. The first-order valence-corrected chi connectivity index (χ1v) is 9.30. The summed E-state index contributed by atoms with van der Waals surface area (Å²) in [5, 5.41) is 2.05. The summed E-state index contributed by atoms with van der Waals surface area (Å²) >= 11 is 1.71. The van der Waals surface area contributed by atoms with Gasteiger partial charge >= 0.3 is 0 Å². The van der Waals surface area contributed by atoms with E-state index in [9.17, 15) is 9.59 Å². The van der Waals surface area contributed by atoms with Gasteiger partial charge in [-0.1, -0.05) is 18.2 Å². The second-order valence-corrected chi connectivity index (χ2v) is 7.28. The number of ketones is 2. The van der Waals surface area contributed by atoms with Crippen LogP contribution >= 0.6 is 11.3 Å². The van der Waals surface area contributed by atoms with Crippen LogP contribution in [0.4, 0.5) is 0 Å². The molecule has 3 rings (SSSR count). The Balaban J connectivity index is 1.72. The fraction of sp³-hybridized carbons (Fsp3) is 0.238. The number of benzene rings is 1. The van der Waals surface area contributed by atoms with E-state index in [1.54, 1.807) is 35.6 Å². The van der Waals surface area contributed by atoms with E-state index < -0.39 is 0 Å². The number of thiophene rings is 1. The van der Waals surface area contributed by atoms with Gasteiger partial charge in [-0.25, -0.2) is 0 Å². The molecule has 26 heavy (non-hydrogen) atoms. The van der Waals surface area contributed by atoms with Gasteiger partial charge in [-0.15, -0.1) is 11.3 Å². The first-order valence-electron chi connectivity index (χ1n) is 8.42. The first-order chi connectivity index (χ1) is 12.5. The van der Waals surface area contributed by atoms with Crippen LogP contribution < -0.4 is 4.74 Å². The number of aryl methyl sites for hydroxylation is 1. The molecule has 0 saturated heterocycles. The minimum absolute atomic E-state index is 0.0288. The van der Waals surface area contributed by atoms with Gasteiger partial charge in [-0.2, -0.15) is 0 Å². The Hall–Kier alpha value is -2.66. The highest BCUT2D eigenvalue weighted by Crippen LogP contribution is 2.20. The number of aromatic nitrogens is 1. The number of carbonyl (C=O) groups excluding carboxylic acids is 2. The highest BCUT2D eigenvalue weighted by atomic mass is 32.1. The van der Waals surface area contributed by atoms with E-state index in [1.165, 1.54) is 11.8 Å². The van der Waals surface area contributed by atoms with Crippen molar-refractivity contribution in [2.45, 2.75) is 27.3 Å². The number of hydrogen-bond acceptors (Lipinski definition) is 4. The molecular weight excluding hydrogens is 346 g/mol. The molecule has 2 aromatic heterocycles. The average molecular weight is 367 g/mol. The molecule has 5 heteroatoms. The first kappa shape index (κ1) is 18.1. The lowest BCUT2D eigenvalue weighted by Gasteiger charge is -2.09. The van der Waals surface area contributed by atoms with Gasteiger partial charge in [-0.3, -0.25) is 9.59 Å². The topological polar surface area (TPSA) is 48.3 Å². The highest BCUT2D eigenvalue weighted by molar-refractivity contribution is 7.09. The SMILES string of the molecule is CC(=O)c1cccc(OCC(=O)c2cc(C)n(Cc3cccs3)c2C)c1. The average Bonchev–Trinajstić information content (AvgIpc) is 3.23. The maximum absolute atomic E-state index is 12.6. The molecular formula is C21H21NO3S. The number of rotatable bonds is 7. The van der Waals surface area contributed by atoms with Gasteiger partial charge in [0.25, 0.3) is 0 Å². The number of hydrogen-bond donors (Lipinski definition) is 0. The summed E-state index contributed by atoms with van der Waals surface area (Å²) < 4.78 is 7.76. The third-order valence-corrected chi connectivity index (χ3v) is 5.24. The van der Waals surface area contributed by atoms with Crippen molar-refractivity contribution in [3.63, 3.8) is 0 Å². The quantitative estimate of drug-likeness (QED) is 0.570. The second kappa shape index (κ2) is 7.70. The lowest BCUT2D eigenvalue weighted by atomic mass is 10.1. The molecule has 0 fully saturated rings. The van der Waals surface area contributed by atoms with Crippen LogP contribution in [0.3, 0.4) is 0 Å². The Kier molecular flexibility index (Phi) is 5.38. The summed E-state index contributed by atoms with van der Waals surface area (Å²) in [6, 6.07) is 12.9. The Bertz CT molecular complexity index is 938. The van der Waals surface area contributed by atoms with E-state index in [2.05, 4.69) is 16.0 Å². The van der Waals surface area contributed by atoms with Crippen LogP contribution in [0.25, 0.3) is 0 Å². The zero-order chi connectivity index (χ0) is 18.7. The van der Waals surface area contributed by atoms with Crippen LogP contribution in [0.5, 0.6) is 5.75 Å². The summed E-state index contributed by atoms with van der Waals surface area (Å²) in [6.07, 6.45) is 0. The number of Topliss-reactive ketones (excluding diaryl/α,β-unsaturated/α-hetero) is 2. The van der Waals surface area contributed by atoms with E-state index in [4.69, 9.17) is 4.74 Å². The van der Waals surface area contributed by atoms with Crippen LogP contribution in [0.1, 0.15) is 43.9 Å². The van der Waals surface area contributed by atoms with Gasteiger partial charge in [0.2, 0.25) is 5.78 Å². The molecule has 0 N–H and O–H groups in total. The maximum Gasteiger partial charge on any atom is 0.202 e. The molecule has 0 radical (unpaired) electrons. The van der Waals surface area contributed by atoms with E-state index in [1.807, 2.05) is 26.0 Å². The summed E-state index contributed by atoms with van der Waals surface area (Å²) in [6.45, 7) is 6.19. The molecule has 4 nitrogen and oxygen atoms in total. The van der Waals surface area contributed by atoms with Crippen LogP contribution in [0.15, 0.2) is 47.8 Å². The summed E-state index contributed by atoms with van der Waals surface area (Å²) in [7, 11) is 0. The fourth-order valence-corrected chi connectivity index (χ4v) is 3.61. The highest BCUT2D eigenvalue weighted by Gasteiger charge is 2.17. The Morgan fingerprint density at radius 3 is 2.62 bits per heavy atom. The third-order valence-electron chi connectivity index (χ3n) is 4.38. The predicted molar refractivity (Wildman–Crippen MR) is 104 cm³/mol. The zero-order valence-corrected chi connectivity index (χ0v) is 15.9. The van der Waals surface area contributed by atoms with Crippen LogP contribution in [0, 0.1) is 13.8 Å². The molecule has 3 aromatic rings. The van der Waals surface area contributed by atoms with Crippen molar-refractivity contribution in [1.82, 2.24) is 4.57 Å². The van der Waals surface area contributed by atoms with Crippen molar-refractivity contribution in [2.75, 3.05) is 6.61 Å². The minimum Gasteiger partial charge on any atom is -0.485 e. The molecule has 0 aliphatic carbocycles. The van der Waals surface area contributed by atoms with E-state index in [-0.39, 0.29) is 18.2 Å². The van der Waals surface area contributed by atoms with Crippen molar-refractivity contribution in [2.24, 2.45) is 0 Å². The summed E-state index contributed by atoms with van der Waals surface area (Å²) in [4.78, 5) is 25.3. The van der Waals surface area contributed by atoms with E-state index in [0.717, 1.165) is 17.9 Å². The Morgan fingerprint density at radius 2 is 1.92 bits per heavy atom. The molecule has 0 unspecified atom stereocenters. The van der Waals surface area contributed by atoms with Crippen molar-refractivity contribution < 1.29 is 14.3 Å². The second-order valence-electron chi connectivity index (χ2n) is 6.25. The molecule has 0 amide bonds.